The van der Waals surface area contributed by atoms with Gasteiger partial charge in [0.1, 0.15) is 5.75 Å². The molecule has 0 saturated heterocycles. The first-order valence-corrected chi connectivity index (χ1v) is 7.26. The van der Waals surface area contributed by atoms with Gasteiger partial charge in [-0.15, -0.1) is 11.8 Å². The second kappa shape index (κ2) is 5.63. The van der Waals surface area contributed by atoms with Crippen molar-refractivity contribution < 1.29 is 9.26 Å². The summed E-state index contributed by atoms with van der Waals surface area (Å²) in [6.45, 7) is 0.626. The van der Waals surface area contributed by atoms with Crippen LogP contribution in [0.1, 0.15) is 24.2 Å². The molecule has 1 unspecified atom stereocenters. The molecule has 1 aliphatic heterocycles. The summed E-state index contributed by atoms with van der Waals surface area (Å²) in [5.74, 6) is 2.94. The molecule has 2 aromatic rings. The molecule has 19 heavy (non-hydrogen) atoms. The number of nitrogens with two attached hydrogens (primary N) is 1. The summed E-state index contributed by atoms with van der Waals surface area (Å²) in [5.41, 5.74) is 5.46. The molecule has 0 radical (unpaired) electrons. The zero-order valence-corrected chi connectivity index (χ0v) is 11.2. The Hall–Kier alpha value is -1.53. The van der Waals surface area contributed by atoms with Gasteiger partial charge >= 0.3 is 0 Å². The molecule has 5 nitrogen and oxygen atoms in total. The Morgan fingerprint density at radius 1 is 1.37 bits per heavy atom. The Bertz CT molecular complexity index is 558. The highest BCUT2D eigenvalue weighted by molar-refractivity contribution is 7.99. The zero-order chi connectivity index (χ0) is 13.1. The van der Waals surface area contributed by atoms with Gasteiger partial charge in [-0.05, 0) is 25.1 Å². The van der Waals surface area contributed by atoms with Gasteiger partial charge in [0, 0.05) is 17.1 Å². The van der Waals surface area contributed by atoms with Gasteiger partial charge in [-0.2, -0.15) is 4.98 Å². The van der Waals surface area contributed by atoms with Crippen LogP contribution in [0.25, 0.3) is 0 Å². The molecule has 3 rings (SSSR count). The third-order valence-electron chi connectivity index (χ3n) is 2.88. The Kier molecular flexibility index (Phi) is 3.70. The fourth-order valence-corrected chi connectivity index (χ4v) is 2.88. The third-order valence-corrected chi connectivity index (χ3v) is 3.99. The Morgan fingerprint density at radius 2 is 2.26 bits per heavy atom. The van der Waals surface area contributed by atoms with Crippen LogP contribution >= 0.6 is 11.8 Å². The summed E-state index contributed by atoms with van der Waals surface area (Å²) in [6.07, 6.45) is 1.43. The van der Waals surface area contributed by atoms with Gasteiger partial charge in [0.2, 0.25) is 11.7 Å². The first-order chi connectivity index (χ1) is 9.36. The lowest BCUT2D eigenvalue weighted by molar-refractivity contribution is 0.205. The number of fused-ring (bicyclic) bond motifs is 1. The molecular weight excluding hydrogens is 262 g/mol. The number of hydrogen-bond donors (Lipinski definition) is 1. The second-order valence-electron chi connectivity index (χ2n) is 4.30. The number of para-hydroxylation sites is 1. The van der Waals surface area contributed by atoms with Crippen molar-refractivity contribution in [1.29, 1.82) is 0 Å². The molecule has 0 aliphatic carbocycles. The quantitative estimate of drug-likeness (QED) is 0.923. The highest BCUT2D eigenvalue weighted by atomic mass is 32.2. The summed E-state index contributed by atoms with van der Waals surface area (Å²) in [5, 5.41) is 4.00. The molecule has 0 fully saturated rings. The van der Waals surface area contributed by atoms with Crippen LogP contribution in [0.3, 0.4) is 0 Å². The molecule has 2 heterocycles. The first kappa shape index (κ1) is 12.5. The standard InChI is InChI=1S/C13H15N3O2S/c14-7-3-6-12-15-13(16-18-12)10-8-19-11-5-2-1-4-9(11)17-10/h1-2,4-5,10H,3,6-8,14H2. The topological polar surface area (TPSA) is 74.2 Å². The maximum atomic E-state index is 5.91. The second-order valence-corrected chi connectivity index (χ2v) is 5.36. The molecule has 2 N–H and O–H groups in total. The molecule has 100 valence electrons. The molecule has 0 amide bonds. The van der Waals surface area contributed by atoms with E-state index in [1.807, 2.05) is 18.2 Å². The molecule has 0 spiro atoms. The molecule has 6 heteroatoms. The van der Waals surface area contributed by atoms with Crippen molar-refractivity contribution in [2.24, 2.45) is 5.73 Å². The average molecular weight is 277 g/mol. The maximum absolute atomic E-state index is 5.91. The predicted molar refractivity (Wildman–Crippen MR) is 72.2 cm³/mol. The normalized spacial score (nSPS) is 17.8. The van der Waals surface area contributed by atoms with E-state index in [4.69, 9.17) is 15.0 Å². The zero-order valence-electron chi connectivity index (χ0n) is 10.4. The molecule has 1 aromatic heterocycles. The summed E-state index contributed by atoms with van der Waals surface area (Å²) in [7, 11) is 0. The van der Waals surface area contributed by atoms with Gasteiger partial charge in [0.05, 0.1) is 0 Å². The average Bonchev–Trinajstić information content (AvgIpc) is 2.93. The number of thioether (sulfide) groups is 1. The predicted octanol–water partition coefficient (Wildman–Crippen LogP) is 2.19. The van der Waals surface area contributed by atoms with Crippen molar-refractivity contribution in [1.82, 2.24) is 10.1 Å². The van der Waals surface area contributed by atoms with Gasteiger partial charge in [0.25, 0.3) is 0 Å². The summed E-state index contributed by atoms with van der Waals surface area (Å²) in [4.78, 5) is 5.53. The van der Waals surface area contributed by atoms with Crippen LogP contribution in [0.4, 0.5) is 0 Å². The number of rotatable bonds is 4. The van der Waals surface area contributed by atoms with Crippen LogP contribution in [-0.2, 0) is 6.42 Å². The van der Waals surface area contributed by atoms with Crippen LogP contribution in [0.2, 0.25) is 0 Å². The van der Waals surface area contributed by atoms with Crippen molar-refractivity contribution in [3.8, 4) is 5.75 Å². The minimum Gasteiger partial charge on any atom is -0.480 e. The van der Waals surface area contributed by atoms with E-state index in [-0.39, 0.29) is 6.10 Å². The van der Waals surface area contributed by atoms with Gasteiger partial charge in [0.15, 0.2) is 6.10 Å². The number of aryl methyl sites for hydroxylation is 1. The molecule has 1 aliphatic rings. The van der Waals surface area contributed by atoms with Gasteiger partial charge < -0.3 is 15.0 Å². The largest absolute Gasteiger partial charge is 0.480 e. The number of aromatic nitrogens is 2. The Labute approximate surface area is 115 Å². The van der Waals surface area contributed by atoms with E-state index < -0.39 is 0 Å². The van der Waals surface area contributed by atoms with Crippen LogP contribution in [0.5, 0.6) is 5.75 Å². The third kappa shape index (κ3) is 2.74. The highest BCUT2D eigenvalue weighted by Gasteiger charge is 2.25. The summed E-state index contributed by atoms with van der Waals surface area (Å²) in [6, 6.07) is 7.99. The van der Waals surface area contributed by atoms with E-state index in [1.165, 1.54) is 0 Å². The van der Waals surface area contributed by atoms with E-state index in [1.54, 1.807) is 11.8 Å². The van der Waals surface area contributed by atoms with Crippen LogP contribution in [-0.4, -0.2) is 22.4 Å². The smallest absolute Gasteiger partial charge is 0.226 e. The lowest BCUT2D eigenvalue weighted by Gasteiger charge is -2.22. The highest BCUT2D eigenvalue weighted by Crippen LogP contribution is 2.39. The van der Waals surface area contributed by atoms with Gasteiger partial charge in [-0.3, -0.25) is 0 Å². The number of ether oxygens (including phenoxy) is 1. The van der Waals surface area contributed by atoms with E-state index in [0.29, 0.717) is 18.3 Å². The number of hydrogen-bond acceptors (Lipinski definition) is 6. The summed E-state index contributed by atoms with van der Waals surface area (Å²) >= 11 is 1.75. The van der Waals surface area contributed by atoms with Crippen molar-refractivity contribution in [3.63, 3.8) is 0 Å². The molecule has 1 atom stereocenters. The molecule has 1 aromatic carbocycles. The first-order valence-electron chi connectivity index (χ1n) is 6.28. The van der Waals surface area contributed by atoms with Crippen molar-refractivity contribution >= 4 is 11.8 Å². The van der Waals surface area contributed by atoms with Crippen LogP contribution in [0.15, 0.2) is 33.7 Å². The van der Waals surface area contributed by atoms with Crippen molar-refractivity contribution in [3.05, 3.63) is 36.0 Å². The van der Waals surface area contributed by atoms with E-state index >= 15 is 0 Å². The van der Waals surface area contributed by atoms with Crippen molar-refractivity contribution in [2.45, 2.75) is 23.8 Å². The van der Waals surface area contributed by atoms with Crippen LogP contribution < -0.4 is 10.5 Å². The van der Waals surface area contributed by atoms with E-state index in [9.17, 15) is 0 Å². The Balaban J connectivity index is 1.72. The van der Waals surface area contributed by atoms with Gasteiger partial charge in [-0.1, -0.05) is 17.3 Å². The van der Waals surface area contributed by atoms with E-state index in [2.05, 4.69) is 16.2 Å². The summed E-state index contributed by atoms with van der Waals surface area (Å²) < 4.78 is 11.1. The minimum absolute atomic E-state index is 0.143. The lowest BCUT2D eigenvalue weighted by atomic mass is 10.3. The monoisotopic (exact) mass is 277 g/mol. The fourth-order valence-electron chi connectivity index (χ4n) is 1.90. The van der Waals surface area contributed by atoms with Crippen LogP contribution in [0, 0.1) is 0 Å². The minimum atomic E-state index is -0.143. The number of benzene rings is 1. The SMILES string of the molecule is NCCCc1nc(C2CSc3ccccc3O2)no1. The molecule has 0 saturated carbocycles. The van der Waals surface area contributed by atoms with Gasteiger partial charge in [-0.25, -0.2) is 0 Å². The van der Waals surface area contributed by atoms with Crippen molar-refractivity contribution in [2.75, 3.05) is 12.3 Å². The number of nitrogens with zero attached hydrogens (tertiary/aromatic N) is 2. The fraction of sp³-hybridized carbons (Fsp3) is 0.385. The molecular formula is C13H15N3O2S. The maximum Gasteiger partial charge on any atom is 0.226 e. The Morgan fingerprint density at radius 3 is 3.16 bits per heavy atom. The molecule has 0 bridgehead atoms. The lowest BCUT2D eigenvalue weighted by Crippen LogP contribution is -2.16. The van der Waals surface area contributed by atoms with E-state index in [0.717, 1.165) is 29.2 Å².